The van der Waals surface area contributed by atoms with Crippen LogP contribution in [0.25, 0.3) is 33.9 Å². The average molecular weight is 596 g/mol. The standard InChI is InChI=1S/C41H33N5/c1-30-22-24-31(25-23-30)32-26-28-35(29-27-32)46(34-14-7-4-8-15-34)41-21-11-19-39(44-41)37-17-9-16-36(42-37)38-18-10-20-40(43-38)45(2)33-12-5-3-6-13-33/h3-29H,1-2H3. The summed E-state index contributed by atoms with van der Waals surface area (Å²) < 4.78 is 0. The maximum absolute atomic E-state index is 5.14. The summed E-state index contributed by atoms with van der Waals surface area (Å²) in [6.07, 6.45) is 0. The van der Waals surface area contributed by atoms with Crippen molar-refractivity contribution in [3.05, 3.63) is 169 Å². The Bertz CT molecular complexity index is 2060. The lowest BCUT2D eigenvalue weighted by atomic mass is 10.0. The zero-order valence-corrected chi connectivity index (χ0v) is 25.8. The summed E-state index contributed by atoms with van der Waals surface area (Å²) in [6, 6.07) is 55.9. The van der Waals surface area contributed by atoms with Crippen LogP contribution in [0, 0.1) is 6.92 Å². The van der Waals surface area contributed by atoms with Crippen molar-refractivity contribution in [1.82, 2.24) is 15.0 Å². The van der Waals surface area contributed by atoms with E-state index in [9.17, 15) is 0 Å². The Hall–Kier alpha value is -6.07. The Kier molecular flexibility index (Phi) is 8.04. The predicted octanol–water partition coefficient (Wildman–Crippen LogP) is 10.4. The molecule has 4 aromatic carbocycles. The van der Waals surface area contributed by atoms with Crippen molar-refractivity contribution < 1.29 is 0 Å². The van der Waals surface area contributed by atoms with Crippen LogP contribution in [0.15, 0.2) is 164 Å². The van der Waals surface area contributed by atoms with Crippen LogP contribution in [0.2, 0.25) is 0 Å². The van der Waals surface area contributed by atoms with E-state index in [1.807, 2.05) is 98.0 Å². The number of benzene rings is 4. The molecule has 0 amide bonds. The summed E-state index contributed by atoms with van der Waals surface area (Å²) in [5.41, 5.74) is 9.91. The van der Waals surface area contributed by atoms with Crippen LogP contribution >= 0.6 is 0 Å². The number of pyridine rings is 3. The van der Waals surface area contributed by atoms with Crippen LogP contribution in [-0.4, -0.2) is 22.0 Å². The molecule has 3 heterocycles. The molecule has 5 nitrogen and oxygen atoms in total. The maximum Gasteiger partial charge on any atom is 0.138 e. The molecular weight excluding hydrogens is 562 g/mol. The van der Waals surface area contributed by atoms with Gasteiger partial charge in [0.25, 0.3) is 0 Å². The second-order valence-electron chi connectivity index (χ2n) is 11.1. The van der Waals surface area contributed by atoms with E-state index in [0.29, 0.717) is 0 Å². The Morgan fingerprint density at radius 3 is 1.39 bits per heavy atom. The van der Waals surface area contributed by atoms with Crippen LogP contribution < -0.4 is 9.80 Å². The first kappa shape index (κ1) is 28.7. The number of rotatable bonds is 8. The summed E-state index contributed by atoms with van der Waals surface area (Å²) in [7, 11) is 2.02. The average Bonchev–Trinajstić information content (AvgIpc) is 3.13. The van der Waals surface area contributed by atoms with Crippen molar-refractivity contribution in [2.75, 3.05) is 16.8 Å². The van der Waals surface area contributed by atoms with Crippen molar-refractivity contribution in [2.45, 2.75) is 6.92 Å². The van der Waals surface area contributed by atoms with Crippen LogP contribution in [0.3, 0.4) is 0 Å². The summed E-state index contributed by atoms with van der Waals surface area (Å²) in [5.74, 6) is 1.66. The topological polar surface area (TPSA) is 45.2 Å². The van der Waals surface area contributed by atoms with E-state index in [4.69, 9.17) is 15.0 Å². The fourth-order valence-corrected chi connectivity index (χ4v) is 5.49. The SMILES string of the molecule is Cc1ccc(-c2ccc(N(c3ccccc3)c3cccc(-c4cccc(-c5cccc(N(C)c6ccccc6)n5)n4)n3)cc2)cc1. The first-order chi connectivity index (χ1) is 22.6. The van der Waals surface area contributed by atoms with Gasteiger partial charge in [-0.1, -0.05) is 96.6 Å². The highest BCUT2D eigenvalue weighted by Gasteiger charge is 2.16. The Labute approximate surface area is 270 Å². The summed E-state index contributed by atoms with van der Waals surface area (Å²) >= 11 is 0. The normalized spacial score (nSPS) is 10.8. The molecule has 46 heavy (non-hydrogen) atoms. The van der Waals surface area contributed by atoms with Gasteiger partial charge in [0.05, 0.1) is 22.8 Å². The van der Waals surface area contributed by atoms with Gasteiger partial charge in [0.15, 0.2) is 0 Å². The summed E-state index contributed by atoms with van der Waals surface area (Å²) in [6.45, 7) is 2.11. The number of hydrogen-bond acceptors (Lipinski definition) is 5. The number of aryl methyl sites for hydroxylation is 1. The second kappa shape index (κ2) is 12.9. The van der Waals surface area contributed by atoms with Gasteiger partial charge in [-0.05, 0) is 90.8 Å². The van der Waals surface area contributed by atoms with Crippen molar-refractivity contribution in [3.63, 3.8) is 0 Å². The van der Waals surface area contributed by atoms with Crippen molar-refractivity contribution >= 4 is 28.7 Å². The molecule has 0 N–H and O–H groups in total. The van der Waals surface area contributed by atoms with Gasteiger partial charge in [0.1, 0.15) is 11.6 Å². The Morgan fingerprint density at radius 1 is 0.370 bits per heavy atom. The first-order valence-electron chi connectivity index (χ1n) is 15.4. The molecule has 0 fully saturated rings. The van der Waals surface area contributed by atoms with Gasteiger partial charge in [0, 0.05) is 24.1 Å². The molecule has 0 spiro atoms. The molecule has 7 rings (SSSR count). The lowest BCUT2D eigenvalue weighted by molar-refractivity contribution is 1.12. The molecule has 0 aliphatic carbocycles. The molecule has 0 aliphatic rings. The molecule has 0 radical (unpaired) electrons. The van der Waals surface area contributed by atoms with Gasteiger partial charge in [-0.25, -0.2) is 15.0 Å². The number of para-hydroxylation sites is 2. The second-order valence-corrected chi connectivity index (χ2v) is 11.1. The van der Waals surface area contributed by atoms with Crippen molar-refractivity contribution in [1.29, 1.82) is 0 Å². The van der Waals surface area contributed by atoms with E-state index in [0.717, 1.165) is 51.5 Å². The molecular formula is C41H33N5. The van der Waals surface area contributed by atoms with Gasteiger partial charge in [-0.3, -0.25) is 4.90 Å². The molecule has 0 aliphatic heterocycles. The molecule has 222 valence electrons. The van der Waals surface area contributed by atoms with Gasteiger partial charge < -0.3 is 4.90 Å². The first-order valence-corrected chi connectivity index (χ1v) is 15.4. The molecule has 0 atom stereocenters. The zero-order chi connectivity index (χ0) is 31.3. The highest BCUT2D eigenvalue weighted by molar-refractivity contribution is 5.78. The summed E-state index contributed by atoms with van der Waals surface area (Å²) in [4.78, 5) is 19.4. The molecule has 5 heteroatoms. The minimum Gasteiger partial charge on any atom is -0.329 e. The molecule has 3 aromatic heterocycles. The van der Waals surface area contributed by atoms with E-state index in [-0.39, 0.29) is 0 Å². The van der Waals surface area contributed by atoms with E-state index in [2.05, 4.69) is 89.5 Å². The molecule has 0 saturated carbocycles. The maximum atomic E-state index is 5.14. The van der Waals surface area contributed by atoms with Gasteiger partial charge in [0.2, 0.25) is 0 Å². The van der Waals surface area contributed by atoms with Crippen LogP contribution in [-0.2, 0) is 0 Å². The van der Waals surface area contributed by atoms with Crippen LogP contribution in [0.5, 0.6) is 0 Å². The lowest BCUT2D eigenvalue weighted by Gasteiger charge is -2.25. The number of anilines is 5. The molecule has 0 unspecified atom stereocenters. The molecule has 0 bridgehead atoms. The largest absolute Gasteiger partial charge is 0.329 e. The smallest absolute Gasteiger partial charge is 0.138 e. The minimum atomic E-state index is 0.783. The monoisotopic (exact) mass is 595 g/mol. The van der Waals surface area contributed by atoms with E-state index in [1.54, 1.807) is 0 Å². The third-order valence-corrected chi connectivity index (χ3v) is 7.98. The van der Waals surface area contributed by atoms with Crippen LogP contribution in [0.4, 0.5) is 28.7 Å². The minimum absolute atomic E-state index is 0.783. The number of nitrogens with zero attached hydrogens (tertiary/aromatic N) is 5. The molecule has 7 aromatic rings. The van der Waals surface area contributed by atoms with E-state index in [1.165, 1.54) is 16.7 Å². The van der Waals surface area contributed by atoms with Crippen LogP contribution in [0.1, 0.15) is 5.56 Å². The van der Waals surface area contributed by atoms with Crippen molar-refractivity contribution in [2.24, 2.45) is 0 Å². The zero-order valence-electron chi connectivity index (χ0n) is 25.8. The predicted molar refractivity (Wildman–Crippen MR) is 190 cm³/mol. The number of aromatic nitrogens is 3. The van der Waals surface area contributed by atoms with E-state index < -0.39 is 0 Å². The highest BCUT2D eigenvalue weighted by Crippen LogP contribution is 2.35. The van der Waals surface area contributed by atoms with Gasteiger partial charge in [-0.15, -0.1) is 0 Å². The molecule has 0 saturated heterocycles. The quantitative estimate of drug-likeness (QED) is 0.175. The summed E-state index contributed by atoms with van der Waals surface area (Å²) in [5, 5.41) is 0. The third-order valence-electron chi connectivity index (χ3n) is 7.98. The fourth-order valence-electron chi connectivity index (χ4n) is 5.49. The lowest BCUT2D eigenvalue weighted by Crippen LogP contribution is -2.12. The van der Waals surface area contributed by atoms with E-state index >= 15 is 0 Å². The highest BCUT2D eigenvalue weighted by atomic mass is 15.2. The third kappa shape index (κ3) is 6.12. The Morgan fingerprint density at radius 2 is 0.804 bits per heavy atom. The fraction of sp³-hybridized carbons (Fsp3) is 0.0488. The van der Waals surface area contributed by atoms with Gasteiger partial charge in [-0.2, -0.15) is 0 Å². The Balaban J connectivity index is 1.22. The van der Waals surface area contributed by atoms with Gasteiger partial charge >= 0.3 is 0 Å². The number of hydrogen-bond donors (Lipinski definition) is 0. The van der Waals surface area contributed by atoms with Crippen molar-refractivity contribution in [3.8, 4) is 33.9 Å².